The summed E-state index contributed by atoms with van der Waals surface area (Å²) in [6.45, 7) is 2.89. The highest BCUT2D eigenvalue weighted by Crippen LogP contribution is 2.32. The zero-order valence-electron chi connectivity index (χ0n) is 16.7. The van der Waals surface area contributed by atoms with Crippen LogP contribution in [0, 0.1) is 0 Å². The molecular weight excluding hydrogens is 442 g/mol. The van der Waals surface area contributed by atoms with Crippen molar-refractivity contribution in [3.8, 4) is 5.75 Å². The zero-order valence-corrected chi connectivity index (χ0v) is 18.3. The van der Waals surface area contributed by atoms with Crippen LogP contribution in [0.1, 0.15) is 19.4 Å². The van der Waals surface area contributed by atoms with Crippen molar-refractivity contribution in [3.63, 3.8) is 0 Å². The van der Waals surface area contributed by atoms with E-state index in [2.05, 4.69) is 0 Å². The Morgan fingerprint density at radius 3 is 2.32 bits per heavy atom. The number of hydrogen-bond acceptors (Lipinski definition) is 8. The molecule has 2 aromatic carbocycles. The maximum absolute atomic E-state index is 12.5. The predicted octanol–water partition coefficient (Wildman–Crippen LogP) is 3.44. The Morgan fingerprint density at radius 1 is 1.06 bits per heavy atom. The van der Waals surface area contributed by atoms with Crippen LogP contribution in [0.4, 0.5) is 4.79 Å². The number of thioether (sulfide) groups is 1. The lowest BCUT2D eigenvalue weighted by Crippen LogP contribution is -2.35. The predicted molar refractivity (Wildman–Crippen MR) is 115 cm³/mol. The number of carbonyl (C=O) groups excluding carboxylic acids is 3. The zero-order chi connectivity index (χ0) is 22.6. The van der Waals surface area contributed by atoms with E-state index in [0.717, 1.165) is 4.90 Å². The number of amides is 2. The molecule has 8 nitrogen and oxygen atoms in total. The van der Waals surface area contributed by atoms with Crippen molar-refractivity contribution < 1.29 is 31.7 Å². The van der Waals surface area contributed by atoms with Crippen LogP contribution in [0.2, 0.25) is 0 Å². The molecule has 0 saturated carbocycles. The first-order valence-electron chi connectivity index (χ1n) is 9.20. The van der Waals surface area contributed by atoms with Crippen LogP contribution >= 0.6 is 11.8 Å². The number of nitrogens with zero attached hydrogens (tertiary/aromatic N) is 1. The highest BCUT2D eigenvalue weighted by Gasteiger charge is 2.36. The van der Waals surface area contributed by atoms with Gasteiger partial charge < -0.3 is 8.92 Å². The number of rotatable bonds is 7. The SMILES string of the molecule is CC(C)OC(=O)CN1C(=O)S/C(=C\c2ccc(OS(=O)(=O)c3ccccc3)cc2)C1=O. The van der Waals surface area contributed by atoms with Gasteiger partial charge in [-0.25, -0.2) is 0 Å². The smallest absolute Gasteiger partial charge is 0.339 e. The van der Waals surface area contributed by atoms with E-state index >= 15 is 0 Å². The molecule has 2 amide bonds. The standard InChI is InChI=1S/C21H19NO7S2/c1-14(2)28-19(23)13-22-20(24)18(30-21(22)25)12-15-8-10-16(11-9-15)29-31(26,27)17-6-4-3-5-7-17/h3-12,14H,13H2,1-2H3/b18-12-. The van der Waals surface area contributed by atoms with Crippen LogP contribution in [0.25, 0.3) is 6.08 Å². The van der Waals surface area contributed by atoms with E-state index in [1.165, 1.54) is 30.3 Å². The molecule has 2 aromatic rings. The molecule has 1 heterocycles. The summed E-state index contributed by atoms with van der Waals surface area (Å²) in [5.41, 5.74) is 0.555. The molecule has 0 bridgehead atoms. The van der Waals surface area contributed by atoms with E-state index in [0.29, 0.717) is 17.3 Å². The first kappa shape index (κ1) is 22.6. The van der Waals surface area contributed by atoms with Gasteiger partial charge in [0.15, 0.2) is 0 Å². The summed E-state index contributed by atoms with van der Waals surface area (Å²) in [5, 5.41) is -0.564. The highest BCUT2D eigenvalue weighted by molar-refractivity contribution is 8.18. The fourth-order valence-corrected chi connectivity index (χ4v) is 4.39. The summed E-state index contributed by atoms with van der Waals surface area (Å²) in [6, 6.07) is 13.7. The highest BCUT2D eigenvalue weighted by atomic mass is 32.2. The van der Waals surface area contributed by atoms with Gasteiger partial charge in [0.05, 0.1) is 11.0 Å². The number of ether oxygens (including phenoxy) is 1. The summed E-state index contributed by atoms with van der Waals surface area (Å²) in [7, 11) is -3.96. The van der Waals surface area contributed by atoms with Crippen molar-refractivity contribution in [3.05, 3.63) is 65.1 Å². The second-order valence-corrected chi connectivity index (χ2v) is 9.27. The van der Waals surface area contributed by atoms with Gasteiger partial charge in [-0.15, -0.1) is 0 Å². The largest absolute Gasteiger partial charge is 0.462 e. The summed E-state index contributed by atoms with van der Waals surface area (Å²) in [5.74, 6) is -1.16. The fraction of sp³-hybridized carbons (Fsp3) is 0.190. The topological polar surface area (TPSA) is 107 Å². The van der Waals surface area contributed by atoms with Crippen molar-refractivity contribution in [2.45, 2.75) is 24.8 Å². The van der Waals surface area contributed by atoms with E-state index in [1.807, 2.05) is 0 Å². The van der Waals surface area contributed by atoms with Gasteiger partial charge in [-0.3, -0.25) is 19.3 Å². The molecule has 0 spiro atoms. The van der Waals surface area contributed by atoms with E-state index in [4.69, 9.17) is 8.92 Å². The van der Waals surface area contributed by atoms with E-state index in [9.17, 15) is 22.8 Å². The Bertz CT molecular complexity index is 1120. The Hall–Kier alpha value is -3.11. The molecule has 0 aliphatic carbocycles. The number of esters is 1. The van der Waals surface area contributed by atoms with Gasteiger partial charge in [0.1, 0.15) is 17.2 Å². The molecule has 0 unspecified atom stereocenters. The second kappa shape index (κ2) is 9.36. The van der Waals surface area contributed by atoms with Gasteiger partial charge in [0.2, 0.25) is 0 Å². The average Bonchev–Trinajstić information content (AvgIpc) is 2.97. The van der Waals surface area contributed by atoms with Gasteiger partial charge in [0.25, 0.3) is 11.1 Å². The molecule has 0 radical (unpaired) electrons. The van der Waals surface area contributed by atoms with Gasteiger partial charge in [0, 0.05) is 0 Å². The van der Waals surface area contributed by atoms with E-state index in [-0.39, 0.29) is 21.7 Å². The van der Waals surface area contributed by atoms with Gasteiger partial charge in [-0.05, 0) is 61.5 Å². The van der Waals surface area contributed by atoms with E-state index < -0.39 is 33.8 Å². The number of benzene rings is 2. The molecule has 1 saturated heterocycles. The lowest BCUT2D eigenvalue weighted by Gasteiger charge is -2.13. The fourth-order valence-electron chi connectivity index (χ4n) is 2.60. The molecule has 10 heteroatoms. The van der Waals surface area contributed by atoms with E-state index in [1.54, 1.807) is 44.2 Å². The third kappa shape index (κ3) is 5.74. The lowest BCUT2D eigenvalue weighted by molar-refractivity contribution is -0.149. The van der Waals surface area contributed by atoms with Crippen molar-refractivity contribution in [1.82, 2.24) is 4.90 Å². The molecule has 0 aromatic heterocycles. The Labute approximate surface area is 184 Å². The van der Waals surface area contributed by atoms with Crippen LogP contribution in [0.5, 0.6) is 5.75 Å². The summed E-state index contributed by atoms with van der Waals surface area (Å²) in [6.07, 6.45) is 1.13. The normalized spacial score (nSPS) is 15.6. The average molecular weight is 462 g/mol. The van der Waals surface area contributed by atoms with Gasteiger partial charge in [-0.2, -0.15) is 8.42 Å². The molecule has 1 aliphatic rings. The molecule has 1 fully saturated rings. The number of imide groups is 1. The van der Waals surface area contributed by atoms with Crippen LogP contribution in [0.3, 0.4) is 0 Å². The monoisotopic (exact) mass is 461 g/mol. The summed E-state index contributed by atoms with van der Waals surface area (Å²) >= 11 is 0.713. The first-order valence-corrected chi connectivity index (χ1v) is 11.4. The van der Waals surface area contributed by atoms with Crippen molar-refractivity contribution in [2.24, 2.45) is 0 Å². The quantitative estimate of drug-likeness (QED) is 0.351. The minimum atomic E-state index is -3.96. The lowest BCUT2D eigenvalue weighted by atomic mass is 10.2. The minimum absolute atomic E-state index is 0.0312. The summed E-state index contributed by atoms with van der Waals surface area (Å²) in [4.78, 5) is 37.3. The molecule has 3 rings (SSSR count). The van der Waals surface area contributed by atoms with Gasteiger partial charge >= 0.3 is 16.1 Å². The van der Waals surface area contributed by atoms with Crippen LogP contribution in [-0.2, 0) is 24.4 Å². The van der Waals surface area contributed by atoms with Crippen molar-refractivity contribution in [2.75, 3.05) is 6.54 Å². The molecule has 31 heavy (non-hydrogen) atoms. The molecular formula is C21H19NO7S2. The van der Waals surface area contributed by atoms with Gasteiger partial charge in [-0.1, -0.05) is 30.3 Å². The van der Waals surface area contributed by atoms with Crippen molar-refractivity contribution in [1.29, 1.82) is 0 Å². The van der Waals surface area contributed by atoms with Crippen LogP contribution in [0.15, 0.2) is 64.4 Å². The molecule has 0 atom stereocenters. The Morgan fingerprint density at radius 2 is 1.71 bits per heavy atom. The molecule has 1 aliphatic heterocycles. The summed E-state index contributed by atoms with van der Waals surface area (Å²) < 4.78 is 34.6. The van der Waals surface area contributed by atoms with Crippen molar-refractivity contribution >= 4 is 45.1 Å². The second-order valence-electron chi connectivity index (χ2n) is 6.73. The third-order valence-corrected chi connectivity index (χ3v) is 6.11. The maximum Gasteiger partial charge on any atom is 0.339 e. The molecule has 162 valence electrons. The maximum atomic E-state index is 12.5. The first-order chi connectivity index (χ1) is 14.7. The van der Waals surface area contributed by atoms with Crippen LogP contribution in [-0.4, -0.2) is 43.1 Å². The number of carbonyl (C=O) groups is 3. The number of hydrogen-bond donors (Lipinski definition) is 0. The van der Waals surface area contributed by atoms with Crippen LogP contribution < -0.4 is 4.18 Å². The Balaban J connectivity index is 1.70. The Kier molecular flexibility index (Phi) is 6.81. The third-order valence-electron chi connectivity index (χ3n) is 3.94. The molecule has 0 N–H and O–H groups in total. The minimum Gasteiger partial charge on any atom is -0.462 e.